The van der Waals surface area contributed by atoms with Gasteiger partial charge in [0, 0.05) is 31.4 Å². The van der Waals surface area contributed by atoms with Crippen LogP contribution in [0.1, 0.15) is 11.3 Å². The lowest BCUT2D eigenvalue weighted by Gasteiger charge is -2.32. The third-order valence-electron chi connectivity index (χ3n) is 3.50. The average molecular weight is 295 g/mol. The largest absolute Gasteiger partial charge is 0.480 e. The number of carboxylic acids is 1. The molecule has 0 bridgehead atoms. The van der Waals surface area contributed by atoms with Crippen molar-refractivity contribution in [3.05, 3.63) is 17.5 Å². The van der Waals surface area contributed by atoms with Gasteiger partial charge >= 0.3 is 12.0 Å². The summed E-state index contributed by atoms with van der Waals surface area (Å²) in [6.07, 6.45) is 1.63. The summed E-state index contributed by atoms with van der Waals surface area (Å²) >= 11 is 0. The molecule has 114 valence electrons. The number of urea groups is 1. The molecule has 9 heteroatoms. The summed E-state index contributed by atoms with van der Waals surface area (Å²) < 4.78 is 1.68. The first-order valence-corrected chi connectivity index (χ1v) is 6.41. The third-order valence-corrected chi connectivity index (χ3v) is 3.50. The first-order valence-electron chi connectivity index (χ1n) is 6.41. The van der Waals surface area contributed by atoms with Crippen LogP contribution < -0.4 is 10.6 Å². The molecule has 0 aromatic carbocycles. The molecule has 1 unspecified atom stereocenters. The first-order chi connectivity index (χ1) is 9.90. The van der Waals surface area contributed by atoms with E-state index in [2.05, 4.69) is 15.7 Å². The van der Waals surface area contributed by atoms with E-state index in [1.807, 2.05) is 6.92 Å². The van der Waals surface area contributed by atoms with Crippen molar-refractivity contribution in [3.8, 4) is 0 Å². The quantitative estimate of drug-likeness (QED) is 0.649. The van der Waals surface area contributed by atoms with E-state index in [1.165, 1.54) is 0 Å². The number of carboxylic acid groups (broad SMARTS) is 1. The fourth-order valence-corrected chi connectivity index (χ4v) is 2.07. The molecule has 1 aromatic rings. The molecule has 0 spiro atoms. The number of hydrogen-bond acceptors (Lipinski definition) is 4. The van der Waals surface area contributed by atoms with E-state index >= 15 is 0 Å². The van der Waals surface area contributed by atoms with Gasteiger partial charge in [0.25, 0.3) is 0 Å². The van der Waals surface area contributed by atoms with Gasteiger partial charge in [-0.25, -0.2) is 9.59 Å². The van der Waals surface area contributed by atoms with Gasteiger partial charge in [0.1, 0.15) is 12.6 Å². The lowest BCUT2D eigenvalue weighted by Crippen LogP contribution is -2.61. The van der Waals surface area contributed by atoms with Crippen LogP contribution in [0.2, 0.25) is 0 Å². The van der Waals surface area contributed by atoms with Gasteiger partial charge in [-0.2, -0.15) is 5.10 Å². The van der Waals surface area contributed by atoms with Crippen LogP contribution in [0.4, 0.5) is 4.79 Å². The van der Waals surface area contributed by atoms with Gasteiger partial charge in [0.15, 0.2) is 0 Å². The van der Waals surface area contributed by atoms with E-state index in [4.69, 9.17) is 5.11 Å². The van der Waals surface area contributed by atoms with Crippen molar-refractivity contribution in [2.45, 2.75) is 19.5 Å². The molecule has 1 aliphatic rings. The van der Waals surface area contributed by atoms with Crippen molar-refractivity contribution >= 4 is 17.9 Å². The maximum atomic E-state index is 12.1. The second-order valence-corrected chi connectivity index (χ2v) is 4.82. The molecule has 1 fully saturated rings. The van der Waals surface area contributed by atoms with E-state index in [-0.39, 0.29) is 25.5 Å². The van der Waals surface area contributed by atoms with Gasteiger partial charge in [-0.3, -0.25) is 14.4 Å². The second-order valence-electron chi connectivity index (χ2n) is 4.82. The molecule has 2 heterocycles. The molecular formula is C12H17N5O4. The minimum absolute atomic E-state index is 0.0898. The van der Waals surface area contributed by atoms with Crippen molar-refractivity contribution in [2.24, 2.45) is 7.05 Å². The van der Waals surface area contributed by atoms with Crippen LogP contribution in [0.15, 0.2) is 6.20 Å². The lowest BCUT2D eigenvalue weighted by atomic mass is 10.2. The molecule has 1 aromatic heterocycles. The number of carbonyl (C=O) groups is 3. The van der Waals surface area contributed by atoms with Crippen LogP contribution in [0.25, 0.3) is 0 Å². The van der Waals surface area contributed by atoms with Gasteiger partial charge in [-0.1, -0.05) is 0 Å². The molecule has 0 aliphatic carbocycles. The van der Waals surface area contributed by atoms with Crippen LogP contribution in [-0.4, -0.2) is 56.8 Å². The standard InChI is InChI=1S/C12H17N5O4/c1-7-8(4-15-16(7)2)3-14-12(21)17-6-10(18)13-5-9(17)11(19)20/h4,9H,3,5-6H2,1-2H3,(H,13,18)(H,14,21)(H,19,20). The van der Waals surface area contributed by atoms with E-state index in [0.717, 1.165) is 16.2 Å². The highest BCUT2D eigenvalue weighted by Crippen LogP contribution is 2.08. The number of hydrogen-bond donors (Lipinski definition) is 3. The predicted octanol–water partition coefficient (Wildman–Crippen LogP) is -1.18. The Bertz CT molecular complexity index is 582. The fourth-order valence-electron chi connectivity index (χ4n) is 2.07. The monoisotopic (exact) mass is 295 g/mol. The number of aliphatic carboxylic acids is 1. The van der Waals surface area contributed by atoms with E-state index in [1.54, 1.807) is 17.9 Å². The minimum Gasteiger partial charge on any atom is -0.480 e. The Morgan fingerprint density at radius 3 is 2.86 bits per heavy atom. The zero-order chi connectivity index (χ0) is 15.6. The van der Waals surface area contributed by atoms with Gasteiger partial charge in [-0.05, 0) is 6.92 Å². The predicted molar refractivity (Wildman–Crippen MR) is 71.3 cm³/mol. The molecular weight excluding hydrogens is 278 g/mol. The Kier molecular flexibility index (Phi) is 4.10. The number of amides is 3. The molecule has 1 aliphatic heterocycles. The minimum atomic E-state index is -1.15. The molecule has 1 atom stereocenters. The Morgan fingerprint density at radius 1 is 1.57 bits per heavy atom. The summed E-state index contributed by atoms with van der Waals surface area (Å²) in [5.74, 6) is -1.53. The highest BCUT2D eigenvalue weighted by atomic mass is 16.4. The summed E-state index contributed by atoms with van der Waals surface area (Å²) in [6.45, 7) is 1.73. The van der Waals surface area contributed by atoms with Crippen LogP contribution in [-0.2, 0) is 23.2 Å². The molecule has 21 heavy (non-hydrogen) atoms. The van der Waals surface area contributed by atoms with Crippen LogP contribution >= 0.6 is 0 Å². The lowest BCUT2D eigenvalue weighted by molar-refractivity contribution is -0.144. The Balaban J connectivity index is 2.02. The molecule has 3 N–H and O–H groups in total. The van der Waals surface area contributed by atoms with Crippen molar-refractivity contribution in [3.63, 3.8) is 0 Å². The number of nitrogens with one attached hydrogen (secondary N) is 2. The summed E-state index contributed by atoms with van der Waals surface area (Å²) in [6, 6.07) is -1.64. The highest BCUT2D eigenvalue weighted by molar-refractivity contribution is 5.90. The second kappa shape index (κ2) is 5.81. The number of aromatic nitrogens is 2. The zero-order valence-corrected chi connectivity index (χ0v) is 11.8. The first kappa shape index (κ1) is 14.8. The van der Waals surface area contributed by atoms with Gasteiger partial charge in [-0.15, -0.1) is 0 Å². The SMILES string of the molecule is Cc1c(CNC(=O)N2CC(=O)NCC2C(=O)O)cnn1C. The number of piperazine rings is 1. The molecule has 3 amide bonds. The average Bonchev–Trinajstić information content (AvgIpc) is 2.75. The topological polar surface area (TPSA) is 117 Å². The number of rotatable bonds is 3. The van der Waals surface area contributed by atoms with Crippen LogP contribution in [0.3, 0.4) is 0 Å². The summed E-state index contributed by atoms with van der Waals surface area (Å²) in [5.41, 5.74) is 1.74. The molecule has 0 saturated carbocycles. The molecule has 2 rings (SSSR count). The third kappa shape index (κ3) is 3.12. The highest BCUT2D eigenvalue weighted by Gasteiger charge is 2.35. The van der Waals surface area contributed by atoms with Crippen molar-refractivity contribution < 1.29 is 19.5 Å². The van der Waals surface area contributed by atoms with Crippen molar-refractivity contribution in [1.29, 1.82) is 0 Å². The summed E-state index contributed by atoms with van der Waals surface area (Å²) in [7, 11) is 1.79. The van der Waals surface area contributed by atoms with Gasteiger partial charge in [0.05, 0.1) is 6.20 Å². The van der Waals surface area contributed by atoms with Crippen molar-refractivity contribution in [2.75, 3.05) is 13.1 Å². The smallest absolute Gasteiger partial charge is 0.328 e. The van der Waals surface area contributed by atoms with Gasteiger partial charge in [0.2, 0.25) is 5.91 Å². The number of nitrogens with zero attached hydrogens (tertiary/aromatic N) is 3. The zero-order valence-electron chi connectivity index (χ0n) is 11.8. The Hall–Kier alpha value is -2.58. The number of carbonyl (C=O) groups excluding carboxylic acids is 2. The maximum absolute atomic E-state index is 12.1. The van der Waals surface area contributed by atoms with E-state index < -0.39 is 18.0 Å². The number of aryl methyl sites for hydroxylation is 1. The normalized spacial score (nSPS) is 18.3. The van der Waals surface area contributed by atoms with E-state index in [0.29, 0.717) is 0 Å². The summed E-state index contributed by atoms with van der Waals surface area (Å²) in [4.78, 5) is 35.6. The maximum Gasteiger partial charge on any atom is 0.328 e. The van der Waals surface area contributed by atoms with Gasteiger partial charge < -0.3 is 15.7 Å². The molecule has 1 saturated heterocycles. The Labute approximate surface area is 120 Å². The van der Waals surface area contributed by atoms with Crippen molar-refractivity contribution in [1.82, 2.24) is 25.3 Å². The summed E-state index contributed by atoms with van der Waals surface area (Å²) in [5, 5.41) is 18.2. The van der Waals surface area contributed by atoms with Crippen LogP contribution in [0, 0.1) is 6.92 Å². The molecule has 9 nitrogen and oxygen atoms in total. The van der Waals surface area contributed by atoms with E-state index in [9.17, 15) is 14.4 Å². The van der Waals surface area contributed by atoms with Crippen LogP contribution in [0.5, 0.6) is 0 Å². The fraction of sp³-hybridized carbons (Fsp3) is 0.500. The molecule has 0 radical (unpaired) electrons. The Morgan fingerprint density at radius 2 is 2.29 bits per heavy atom.